The summed E-state index contributed by atoms with van der Waals surface area (Å²) < 4.78 is 5.42. The van der Waals surface area contributed by atoms with Crippen molar-refractivity contribution in [2.24, 2.45) is 0 Å². The number of anilines is 1. The van der Waals surface area contributed by atoms with Gasteiger partial charge in [0.15, 0.2) is 0 Å². The van der Waals surface area contributed by atoms with Crippen LogP contribution in [0.3, 0.4) is 0 Å². The molecule has 3 rings (SSSR count). The number of nitrogens with one attached hydrogen (secondary N) is 1. The van der Waals surface area contributed by atoms with Gasteiger partial charge in [-0.05, 0) is 36.2 Å². The molecule has 1 amide bonds. The standard InChI is InChI=1S/C18H15NO3/c1-11-15-10-14(19-12(2)20)8-9-16(15)22-18(21)17(11)13-6-4-3-5-7-13/h3-10H,1-2H3,(H,19,20). The summed E-state index contributed by atoms with van der Waals surface area (Å²) in [6.45, 7) is 3.34. The lowest BCUT2D eigenvalue weighted by molar-refractivity contribution is -0.114. The minimum atomic E-state index is -0.358. The van der Waals surface area contributed by atoms with E-state index in [2.05, 4.69) is 5.32 Å². The third-order valence-corrected chi connectivity index (χ3v) is 3.55. The first-order valence-electron chi connectivity index (χ1n) is 6.97. The molecule has 4 heteroatoms. The molecule has 0 atom stereocenters. The summed E-state index contributed by atoms with van der Waals surface area (Å²) in [6, 6.07) is 14.7. The lowest BCUT2D eigenvalue weighted by Gasteiger charge is -2.09. The minimum Gasteiger partial charge on any atom is -0.422 e. The number of hydrogen-bond acceptors (Lipinski definition) is 3. The Hall–Kier alpha value is -2.88. The molecule has 1 heterocycles. The van der Waals surface area contributed by atoms with Gasteiger partial charge < -0.3 is 9.73 Å². The molecule has 0 saturated heterocycles. The average molecular weight is 293 g/mol. The average Bonchev–Trinajstić information content (AvgIpc) is 2.48. The first kappa shape index (κ1) is 14.1. The van der Waals surface area contributed by atoms with E-state index >= 15 is 0 Å². The van der Waals surface area contributed by atoms with Crippen molar-refractivity contribution in [2.45, 2.75) is 13.8 Å². The fourth-order valence-electron chi connectivity index (χ4n) is 2.57. The summed E-state index contributed by atoms with van der Waals surface area (Å²) in [5.41, 5.74) is 3.04. The number of rotatable bonds is 2. The van der Waals surface area contributed by atoms with Crippen molar-refractivity contribution in [1.29, 1.82) is 0 Å². The fourth-order valence-corrected chi connectivity index (χ4v) is 2.57. The van der Waals surface area contributed by atoms with Gasteiger partial charge in [-0.2, -0.15) is 0 Å². The third-order valence-electron chi connectivity index (χ3n) is 3.55. The van der Waals surface area contributed by atoms with E-state index in [1.165, 1.54) is 6.92 Å². The number of carbonyl (C=O) groups excluding carboxylic acids is 1. The summed E-state index contributed by atoms with van der Waals surface area (Å²) in [7, 11) is 0. The van der Waals surface area contributed by atoms with Gasteiger partial charge in [0, 0.05) is 18.0 Å². The van der Waals surface area contributed by atoms with Crippen LogP contribution in [-0.2, 0) is 4.79 Å². The van der Waals surface area contributed by atoms with Crippen LogP contribution in [0.15, 0.2) is 57.7 Å². The highest BCUT2D eigenvalue weighted by atomic mass is 16.4. The summed E-state index contributed by atoms with van der Waals surface area (Å²) >= 11 is 0. The zero-order valence-corrected chi connectivity index (χ0v) is 12.3. The van der Waals surface area contributed by atoms with E-state index in [4.69, 9.17) is 4.42 Å². The van der Waals surface area contributed by atoms with Gasteiger partial charge in [-0.3, -0.25) is 4.79 Å². The largest absolute Gasteiger partial charge is 0.422 e. The van der Waals surface area contributed by atoms with Crippen molar-refractivity contribution >= 4 is 22.6 Å². The number of fused-ring (bicyclic) bond motifs is 1. The van der Waals surface area contributed by atoms with Crippen LogP contribution in [0, 0.1) is 6.92 Å². The van der Waals surface area contributed by atoms with E-state index in [1.54, 1.807) is 12.1 Å². The Morgan fingerprint density at radius 2 is 1.82 bits per heavy atom. The van der Waals surface area contributed by atoms with E-state index in [-0.39, 0.29) is 11.5 Å². The third kappa shape index (κ3) is 2.51. The molecule has 0 saturated carbocycles. The minimum absolute atomic E-state index is 0.141. The molecule has 0 bridgehead atoms. The summed E-state index contributed by atoms with van der Waals surface area (Å²) in [6.07, 6.45) is 0. The Balaban J connectivity index is 2.26. The van der Waals surface area contributed by atoms with Crippen LogP contribution in [0.1, 0.15) is 12.5 Å². The predicted octanol–water partition coefficient (Wildman–Crippen LogP) is 3.73. The predicted molar refractivity (Wildman–Crippen MR) is 87.0 cm³/mol. The molecule has 4 nitrogen and oxygen atoms in total. The van der Waals surface area contributed by atoms with Gasteiger partial charge in [0.25, 0.3) is 0 Å². The van der Waals surface area contributed by atoms with Crippen molar-refractivity contribution < 1.29 is 9.21 Å². The second-order valence-corrected chi connectivity index (χ2v) is 5.15. The van der Waals surface area contributed by atoms with Crippen LogP contribution in [0.4, 0.5) is 5.69 Å². The molecule has 0 unspecified atom stereocenters. The molecule has 0 aliphatic carbocycles. The van der Waals surface area contributed by atoms with Crippen LogP contribution in [-0.4, -0.2) is 5.91 Å². The molecule has 0 aliphatic rings. The first-order valence-corrected chi connectivity index (χ1v) is 6.97. The molecule has 1 aromatic heterocycles. The van der Waals surface area contributed by atoms with Crippen LogP contribution in [0.25, 0.3) is 22.1 Å². The van der Waals surface area contributed by atoms with Crippen LogP contribution in [0.2, 0.25) is 0 Å². The number of amides is 1. The molecule has 0 aliphatic heterocycles. The highest BCUT2D eigenvalue weighted by molar-refractivity contribution is 5.94. The quantitative estimate of drug-likeness (QED) is 0.732. The monoisotopic (exact) mass is 293 g/mol. The molecular formula is C18H15NO3. The molecule has 1 N–H and O–H groups in total. The Morgan fingerprint density at radius 3 is 2.50 bits per heavy atom. The second kappa shape index (κ2) is 5.48. The topological polar surface area (TPSA) is 59.3 Å². The van der Waals surface area contributed by atoms with Crippen molar-refractivity contribution in [2.75, 3.05) is 5.32 Å². The van der Waals surface area contributed by atoms with E-state index in [9.17, 15) is 9.59 Å². The maximum absolute atomic E-state index is 12.3. The Bertz CT molecular complexity index is 911. The molecule has 0 radical (unpaired) electrons. The smallest absolute Gasteiger partial charge is 0.344 e. The van der Waals surface area contributed by atoms with E-state index < -0.39 is 0 Å². The normalized spacial score (nSPS) is 10.6. The highest BCUT2D eigenvalue weighted by Gasteiger charge is 2.13. The highest BCUT2D eigenvalue weighted by Crippen LogP contribution is 2.28. The maximum atomic E-state index is 12.3. The van der Waals surface area contributed by atoms with Crippen LogP contribution < -0.4 is 10.9 Å². The number of hydrogen-bond donors (Lipinski definition) is 1. The van der Waals surface area contributed by atoms with Crippen LogP contribution in [0.5, 0.6) is 0 Å². The molecule has 3 aromatic rings. The lowest BCUT2D eigenvalue weighted by atomic mass is 9.99. The zero-order valence-electron chi connectivity index (χ0n) is 12.3. The Labute approximate surface area is 127 Å². The van der Waals surface area contributed by atoms with Crippen molar-refractivity contribution in [3.05, 3.63) is 64.5 Å². The van der Waals surface area contributed by atoms with Crippen molar-refractivity contribution in [1.82, 2.24) is 0 Å². The molecule has 22 heavy (non-hydrogen) atoms. The summed E-state index contributed by atoms with van der Waals surface area (Å²) in [5.74, 6) is -0.141. The molecule has 0 fully saturated rings. The SMILES string of the molecule is CC(=O)Nc1ccc2oc(=O)c(-c3ccccc3)c(C)c2c1. The van der Waals surface area contributed by atoms with Gasteiger partial charge >= 0.3 is 5.63 Å². The number of carbonyl (C=O) groups is 1. The van der Waals surface area contributed by atoms with Crippen LogP contribution >= 0.6 is 0 Å². The Kier molecular flexibility index (Phi) is 3.51. The first-order chi connectivity index (χ1) is 10.6. The van der Waals surface area contributed by atoms with Gasteiger partial charge in [0.1, 0.15) is 5.58 Å². The molecule has 0 spiro atoms. The van der Waals surface area contributed by atoms with Crippen molar-refractivity contribution in [3.63, 3.8) is 0 Å². The lowest BCUT2D eigenvalue weighted by Crippen LogP contribution is -2.08. The van der Waals surface area contributed by atoms with E-state index in [0.717, 1.165) is 16.5 Å². The molecule has 110 valence electrons. The molecule has 2 aromatic carbocycles. The molecular weight excluding hydrogens is 278 g/mol. The van der Waals surface area contributed by atoms with Crippen molar-refractivity contribution in [3.8, 4) is 11.1 Å². The van der Waals surface area contributed by atoms with Gasteiger partial charge in [-0.1, -0.05) is 30.3 Å². The van der Waals surface area contributed by atoms with Gasteiger partial charge in [0.2, 0.25) is 5.91 Å². The number of benzene rings is 2. The zero-order chi connectivity index (χ0) is 15.7. The van der Waals surface area contributed by atoms with E-state index in [0.29, 0.717) is 16.8 Å². The van der Waals surface area contributed by atoms with Gasteiger partial charge in [0.05, 0.1) is 5.56 Å². The van der Waals surface area contributed by atoms with E-state index in [1.807, 2.05) is 43.3 Å². The second-order valence-electron chi connectivity index (χ2n) is 5.15. The van der Waals surface area contributed by atoms with Gasteiger partial charge in [-0.25, -0.2) is 4.79 Å². The Morgan fingerprint density at radius 1 is 1.09 bits per heavy atom. The van der Waals surface area contributed by atoms with Gasteiger partial charge in [-0.15, -0.1) is 0 Å². The number of aryl methyl sites for hydroxylation is 1. The summed E-state index contributed by atoms with van der Waals surface area (Å²) in [5, 5.41) is 3.55. The summed E-state index contributed by atoms with van der Waals surface area (Å²) in [4.78, 5) is 23.5. The fraction of sp³-hybridized carbons (Fsp3) is 0.111. The maximum Gasteiger partial charge on any atom is 0.344 e.